The molecular weight excluding hydrogens is 250 g/mol. The molecule has 1 heterocycles. The van der Waals surface area contributed by atoms with Gasteiger partial charge >= 0.3 is 0 Å². The van der Waals surface area contributed by atoms with Gasteiger partial charge in [0.2, 0.25) is 5.95 Å². The summed E-state index contributed by atoms with van der Waals surface area (Å²) in [4.78, 5) is 8.60. The summed E-state index contributed by atoms with van der Waals surface area (Å²) in [7, 11) is 0. The van der Waals surface area contributed by atoms with Crippen LogP contribution in [-0.2, 0) is 0 Å². The number of hydrogen-bond donors (Lipinski definition) is 1. The van der Waals surface area contributed by atoms with E-state index in [0.29, 0.717) is 18.5 Å². The van der Waals surface area contributed by atoms with Crippen LogP contribution in [0.5, 0.6) is 5.75 Å². The highest BCUT2D eigenvalue weighted by atomic mass is 16.5. The summed E-state index contributed by atoms with van der Waals surface area (Å²) in [5.41, 5.74) is 9.73. The fraction of sp³-hybridized carbons (Fsp3) is 0.375. The number of rotatable bonds is 4. The highest BCUT2D eigenvalue weighted by Gasteiger charge is 2.09. The van der Waals surface area contributed by atoms with Gasteiger partial charge in [0.05, 0.1) is 12.3 Å². The lowest BCUT2D eigenvalue weighted by Crippen LogP contribution is -2.02. The first-order valence-electron chi connectivity index (χ1n) is 6.89. The van der Waals surface area contributed by atoms with Crippen molar-refractivity contribution in [3.8, 4) is 17.0 Å². The van der Waals surface area contributed by atoms with E-state index in [1.807, 2.05) is 32.0 Å². The zero-order valence-electron chi connectivity index (χ0n) is 12.5. The molecule has 0 spiro atoms. The predicted molar refractivity (Wildman–Crippen MR) is 81.9 cm³/mol. The number of benzene rings is 1. The number of nitrogen functional groups attached to an aromatic ring is 1. The first kappa shape index (κ1) is 14.3. The maximum atomic E-state index is 5.80. The van der Waals surface area contributed by atoms with Crippen molar-refractivity contribution in [2.75, 3.05) is 12.3 Å². The molecule has 0 bridgehead atoms. The Morgan fingerprint density at radius 2 is 1.95 bits per heavy atom. The van der Waals surface area contributed by atoms with Crippen molar-refractivity contribution in [2.24, 2.45) is 0 Å². The highest BCUT2D eigenvalue weighted by Crippen LogP contribution is 2.27. The van der Waals surface area contributed by atoms with E-state index < -0.39 is 0 Å². The fourth-order valence-electron chi connectivity index (χ4n) is 2.06. The van der Waals surface area contributed by atoms with Gasteiger partial charge in [0.15, 0.2) is 0 Å². The standard InChI is InChI=1S/C16H21N3O/c1-5-20-15-7-6-12(8-11(15)4)14-9-13(10(2)3)18-16(17)19-14/h6-10H,5H2,1-4H3,(H2,17,18,19). The molecule has 1 aromatic heterocycles. The maximum Gasteiger partial charge on any atom is 0.220 e. The summed E-state index contributed by atoms with van der Waals surface area (Å²) in [5, 5.41) is 0. The lowest BCUT2D eigenvalue weighted by molar-refractivity contribution is 0.338. The number of hydrogen-bond acceptors (Lipinski definition) is 4. The Balaban J connectivity index is 2.43. The smallest absolute Gasteiger partial charge is 0.220 e. The topological polar surface area (TPSA) is 61.0 Å². The second kappa shape index (κ2) is 5.90. The minimum atomic E-state index is 0.317. The molecule has 0 saturated heterocycles. The maximum absolute atomic E-state index is 5.80. The Morgan fingerprint density at radius 1 is 1.20 bits per heavy atom. The lowest BCUT2D eigenvalue weighted by Gasteiger charge is -2.11. The third-order valence-corrected chi connectivity index (χ3v) is 3.13. The van der Waals surface area contributed by atoms with Crippen LogP contribution in [0.1, 0.15) is 37.9 Å². The summed E-state index contributed by atoms with van der Waals surface area (Å²) < 4.78 is 5.56. The Labute approximate surface area is 120 Å². The molecule has 2 aromatic rings. The van der Waals surface area contributed by atoms with Crippen LogP contribution >= 0.6 is 0 Å². The van der Waals surface area contributed by atoms with Crippen LogP contribution in [0.3, 0.4) is 0 Å². The van der Waals surface area contributed by atoms with E-state index in [4.69, 9.17) is 10.5 Å². The molecule has 0 fully saturated rings. The Kier molecular flexibility index (Phi) is 4.23. The second-order valence-corrected chi connectivity index (χ2v) is 5.10. The quantitative estimate of drug-likeness (QED) is 0.923. The van der Waals surface area contributed by atoms with E-state index >= 15 is 0 Å². The van der Waals surface area contributed by atoms with Crippen LogP contribution in [0.25, 0.3) is 11.3 Å². The molecule has 0 amide bonds. The molecule has 0 aliphatic carbocycles. The van der Waals surface area contributed by atoms with E-state index in [9.17, 15) is 0 Å². The van der Waals surface area contributed by atoms with Gasteiger partial charge < -0.3 is 10.5 Å². The van der Waals surface area contributed by atoms with Gasteiger partial charge in [-0.15, -0.1) is 0 Å². The molecule has 106 valence electrons. The molecule has 0 saturated carbocycles. The number of aryl methyl sites for hydroxylation is 1. The van der Waals surface area contributed by atoms with Crippen LogP contribution < -0.4 is 10.5 Å². The van der Waals surface area contributed by atoms with E-state index in [-0.39, 0.29) is 0 Å². The number of nitrogens with two attached hydrogens (primary N) is 1. The van der Waals surface area contributed by atoms with Crippen molar-refractivity contribution < 1.29 is 4.74 Å². The molecule has 0 radical (unpaired) electrons. The summed E-state index contributed by atoms with van der Waals surface area (Å²) in [6, 6.07) is 8.04. The summed E-state index contributed by atoms with van der Waals surface area (Å²) in [5.74, 6) is 1.54. The first-order valence-corrected chi connectivity index (χ1v) is 6.89. The van der Waals surface area contributed by atoms with E-state index in [2.05, 4.69) is 29.9 Å². The third-order valence-electron chi connectivity index (χ3n) is 3.13. The average molecular weight is 271 g/mol. The second-order valence-electron chi connectivity index (χ2n) is 5.10. The third kappa shape index (κ3) is 3.07. The van der Waals surface area contributed by atoms with Crippen LogP contribution in [0.15, 0.2) is 24.3 Å². The zero-order chi connectivity index (χ0) is 14.7. The Hall–Kier alpha value is -2.10. The zero-order valence-corrected chi connectivity index (χ0v) is 12.5. The van der Waals surface area contributed by atoms with Crippen LogP contribution in [0, 0.1) is 6.92 Å². The molecular formula is C16H21N3O. The predicted octanol–water partition coefficient (Wildman–Crippen LogP) is 3.56. The van der Waals surface area contributed by atoms with Crippen molar-refractivity contribution in [3.63, 3.8) is 0 Å². The van der Waals surface area contributed by atoms with Crippen LogP contribution in [0.2, 0.25) is 0 Å². The van der Waals surface area contributed by atoms with Crippen molar-refractivity contribution in [2.45, 2.75) is 33.6 Å². The van der Waals surface area contributed by atoms with E-state index in [0.717, 1.165) is 28.3 Å². The molecule has 0 atom stereocenters. The number of ether oxygens (including phenoxy) is 1. The SMILES string of the molecule is CCOc1ccc(-c2cc(C(C)C)nc(N)n2)cc1C. The summed E-state index contributed by atoms with van der Waals surface area (Å²) >= 11 is 0. The number of aromatic nitrogens is 2. The van der Waals surface area contributed by atoms with Crippen molar-refractivity contribution in [3.05, 3.63) is 35.5 Å². The highest BCUT2D eigenvalue weighted by molar-refractivity contribution is 5.63. The molecule has 0 aliphatic heterocycles. The van der Waals surface area contributed by atoms with Gasteiger partial charge in [0.1, 0.15) is 5.75 Å². The molecule has 0 unspecified atom stereocenters. The molecule has 0 aliphatic rings. The minimum Gasteiger partial charge on any atom is -0.494 e. The summed E-state index contributed by atoms with van der Waals surface area (Å²) in [6.45, 7) is 8.86. The van der Waals surface area contributed by atoms with E-state index in [1.54, 1.807) is 0 Å². The lowest BCUT2D eigenvalue weighted by atomic mass is 10.0. The molecule has 4 nitrogen and oxygen atoms in total. The van der Waals surface area contributed by atoms with Crippen LogP contribution in [-0.4, -0.2) is 16.6 Å². The van der Waals surface area contributed by atoms with Gasteiger partial charge in [-0.3, -0.25) is 0 Å². The van der Waals surface area contributed by atoms with E-state index in [1.165, 1.54) is 0 Å². The fourth-order valence-corrected chi connectivity index (χ4v) is 2.06. The number of nitrogens with zero attached hydrogens (tertiary/aromatic N) is 2. The van der Waals surface area contributed by atoms with Gasteiger partial charge in [-0.25, -0.2) is 9.97 Å². The monoisotopic (exact) mass is 271 g/mol. The van der Waals surface area contributed by atoms with Crippen molar-refractivity contribution >= 4 is 5.95 Å². The van der Waals surface area contributed by atoms with Crippen LogP contribution in [0.4, 0.5) is 5.95 Å². The molecule has 2 rings (SSSR count). The van der Waals surface area contributed by atoms with Gasteiger partial charge in [0, 0.05) is 11.3 Å². The number of anilines is 1. The van der Waals surface area contributed by atoms with Gasteiger partial charge in [0.25, 0.3) is 0 Å². The molecule has 1 aromatic carbocycles. The minimum absolute atomic E-state index is 0.317. The summed E-state index contributed by atoms with van der Waals surface area (Å²) in [6.07, 6.45) is 0. The largest absolute Gasteiger partial charge is 0.494 e. The molecule has 4 heteroatoms. The molecule has 2 N–H and O–H groups in total. The first-order chi connectivity index (χ1) is 9.51. The normalized spacial score (nSPS) is 10.8. The van der Waals surface area contributed by atoms with Crippen molar-refractivity contribution in [1.29, 1.82) is 0 Å². The molecule has 20 heavy (non-hydrogen) atoms. The van der Waals surface area contributed by atoms with Gasteiger partial charge in [-0.2, -0.15) is 0 Å². The Bertz CT molecular complexity index is 609. The van der Waals surface area contributed by atoms with Gasteiger partial charge in [-0.05, 0) is 49.6 Å². The average Bonchev–Trinajstić information content (AvgIpc) is 2.40. The Morgan fingerprint density at radius 3 is 2.55 bits per heavy atom. The van der Waals surface area contributed by atoms with Gasteiger partial charge in [-0.1, -0.05) is 13.8 Å². The van der Waals surface area contributed by atoms with Crippen molar-refractivity contribution in [1.82, 2.24) is 9.97 Å².